The quantitative estimate of drug-likeness (QED) is 0.526. The van der Waals surface area contributed by atoms with Crippen molar-refractivity contribution in [2.75, 3.05) is 25.3 Å². The lowest BCUT2D eigenvalue weighted by Gasteiger charge is -2.21. The van der Waals surface area contributed by atoms with Crippen LogP contribution in [0, 0.1) is 0 Å². The third-order valence-electron chi connectivity index (χ3n) is 3.91. The molecular formula is C20H26N2O4. The van der Waals surface area contributed by atoms with Gasteiger partial charge in [-0.2, -0.15) is 0 Å². The van der Waals surface area contributed by atoms with Crippen molar-refractivity contribution in [2.24, 2.45) is 0 Å². The van der Waals surface area contributed by atoms with Gasteiger partial charge >= 0.3 is 5.97 Å². The Hall–Kier alpha value is -2.89. The van der Waals surface area contributed by atoms with E-state index in [1.54, 1.807) is 13.2 Å². The van der Waals surface area contributed by atoms with Gasteiger partial charge < -0.3 is 25.3 Å². The number of esters is 1. The summed E-state index contributed by atoms with van der Waals surface area (Å²) in [6, 6.07) is 13.3. The summed E-state index contributed by atoms with van der Waals surface area (Å²) >= 11 is 0. The number of ether oxygens (including phenoxy) is 3. The summed E-state index contributed by atoms with van der Waals surface area (Å²) in [7, 11) is 2.90. The molecule has 1 atom stereocenters. The maximum Gasteiger partial charge on any atom is 0.347 e. The first-order valence-corrected chi connectivity index (χ1v) is 8.58. The monoisotopic (exact) mass is 358 g/mol. The molecule has 0 aliphatic carbocycles. The van der Waals surface area contributed by atoms with Crippen LogP contribution in [-0.4, -0.2) is 26.3 Å². The number of carbonyl (C=O) groups is 1. The van der Waals surface area contributed by atoms with Gasteiger partial charge in [0.1, 0.15) is 0 Å². The fourth-order valence-corrected chi connectivity index (χ4v) is 2.61. The Bertz CT molecular complexity index is 719. The van der Waals surface area contributed by atoms with E-state index < -0.39 is 12.1 Å². The SMILES string of the molecule is CCCC(Oc1c(CNc2ccccc2)cc(N)cc1OC)C(=O)OC. The van der Waals surface area contributed by atoms with E-state index >= 15 is 0 Å². The topological polar surface area (TPSA) is 82.8 Å². The molecule has 3 N–H and O–H groups in total. The second kappa shape index (κ2) is 9.56. The Kier molecular flexibility index (Phi) is 7.14. The summed E-state index contributed by atoms with van der Waals surface area (Å²) in [4.78, 5) is 12.0. The lowest BCUT2D eigenvalue weighted by atomic mass is 10.1. The normalized spacial score (nSPS) is 11.5. The van der Waals surface area contributed by atoms with Crippen LogP contribution in [0.25, 0.3) is 0 Å². The molecule has 0 saturated heterocycles. The Balaban J connectivity index is 2.30. The van der Waals surface area contributed by atoms with Gasteiger partial charge in [-0.15, -0.1) is 0 Å². The standard InChI is InChI=1S/C20H26N2O4/c1-4-8-17(20(23)25-3)26-19-14(11-15(21)12-18(19)24-2)13-22-16-9-6-5-7-10-16/h5-7,9-12,17,22H,4,8,13,21H2,1-3H3. The highest BCUT2D eigenvalue weighted by atomic mass is 16.6. The smallest absolute Gasteiger partial charge is 0.347 e. The fraction of sp³-hybridized carbons (Fsp3) is 0.350. The van der Waals surface area contributed by atoms with Gasteiger partial charge in [-0.1, -0.05) is 31.5 Å². The van der Waals surface area contributed by atoms with E-state index in [2.05, 4.69) is 5.32 Å². The number of nitrogens with two attached hydrogens (primary N) is 1. The van der Waals surface area contributed by atoms with Gasteiger partial charge in [0, 0.05) is 29.5 Å². The molecule has 0 bridgehead atoms. The first kappa shape index (κ1) is 19.4. The van der Waals surface area contributed by atoms with E-state index in [1.807, 2.05) is 43.3 Å². The molecule has 0 saturated carbocycles. The molecule has 0 aliphatic heterocycles. The van der Waals surface area contributed by atoms with Crippen LogP contribution in [0.15, 0.2) is 42.5 Å². The average molecular weight is 358 g/mol. The zero-order chi connectivity index (χ0) is 18.9. The second-order valence-electron chi connectivity index (χ2n) is 5.85. The van der Waals surface area contributed by atoms with Gasteiger partial charge in [0.25, 0.3) is 0 Å². The average Bonchev–Trinajstić information content (AvgIpc) is 2.67. The summed E-state index contributed by atoms with van der Waals surface area (Å²) < 4.78 is 16.3. The molecular weight excluding hydrogens is 332 g/mol. The molecule has 0 spiro atoms. The first-order valence-electron chi connectivity index (χ1n) is 8.58. The van der Waals surface area contributed by atoms with Crippen LogP contribution in [0.1, 0.15) is 25.3 Å². The number of rotatable bonds is 9. The van der Waals surface area contributed by atoms with Crippen LogP contribution < -0.4 is 20.5 Å². The van der Waals surface area contributed by atoms with Gasteiger partial charge in [-0.3, -0.25) is 0 Å². The van der Waals surface area contributed by atoms with Crippen LogP contribution in [-0.2, 0) is 16.1 Å². The van der Waals surface area contributed by atoms with Crippen LogP contribution in [0.4, 0.5) is 11.4 Å². The number of methoxy groups -OCH3 is 2. The van der Waals surface area contributed by atoms with Crippen LogP contribution in [0.3, 0.4) is 0 Å². The van der Waals surface area contributed by atoms with Gasteiger partial charge in [-0.05, 0) is 24.6 Å². The lowest BCUT2D eigenvalue weighted by Crippen LogP contribution is -2.29. The maximum absolute atomic E-state index is 12.0. The predicted molar refractivity (Wildman–Crippen MR) is 103 cm³/mol. The van der Waals surface area contributed by atoms with Crippen molar-refractivity contribution in [3.05, 3.63) is 48.0 Å². The Morgan fingerprint density at radius 1 is 1.19 bits per heavy atom. The van der Waals surface area contributed by atoms with Gasteiger partial charge in [0.05, 0.1) is 14.2 Å². The van der Waals surface area contributed by atoms with Gasteiger partial charge in [0.15, 0.2) is 17.6 Å². The Morgan fingerprint density at radius 3 is 2.54 bits per heavy atom. The van der Waals surface area contributed by atoms with Crippen molar-refractivity contribution in [1.82, 2.24) is 0 Å². The molecule has 1 unspecified atom stereocenters. The molecule has 6 nitrogen and oxygen atoms in total. The van der Waals surface area contributed by atoms with E-state index in [1.165, 1.54) is 7.11 Å². The molecule has 6 heteroatoms. The van der Waals surface area contributed by atoms with Crippen molar-refractivity contribution in [3.8, 4) is 11.5 Å². The molecule has 0 radical (unpaired) electrons. The van der Waals surface area contributed by atoms with E-state index in [4.69, 9.17) is 19.9 Å². The van der Waals surface area contributed by atoms with E-state index in [0.717, 1.165) is 17.7 Å². The third-order valence-corrected chi connectivity index (χ3v) is 3.91. The van der Waals surface area contributed by atoms with Crippen molar-refractivity contribution >= 4 is 17.3 Å². The molecule has 0 amide bonds. The predicted octanol–water partition coefficient (Wildman–Crippen LogP) is 3.61. The highest BCUT2D eigenvalue weighted by molar-refractivity contribution is 5.75. The van der Waals surface area contributed by atoms with Crippen molar-refractivity contribution in [1.29, 1.82) is 0 Å². The fourth-order valence-electron chi connectivity index (χ4n) is 2.61. The first-order chi connectivity index (χ1) is 12.6. The summed E-state index contributed by atoms with van der Waals surface area (Å²) in [6.07, 6.45) is 0.637. The zero-order valence-corrected chi connectivity index (χ0v) is 15.5. The van der Waals surface area contributed by atoms with Crippen molar-refractivity contribution < 1.29 is 19.0 Å². The summed E-state index contributed by atoms with van der Waals surface area (Å²) in [5.41, 5.74) is 8.32. The largest absolute Gasteiger partial charge is 0.493 e. The summed E-state index contributed by atoms with van der Waals surface area (Å²) in [5.74, 6) is 0.571. The maximum atomic E-state index is 12.0. The van der Waals surface area contributed by atoms with Gasteiger partial charge in [0.2, 0.25) is 0 Å². The van der Waals surface area contributed by atoms with E-state index in [0.29, 0.717) is 30.2 Å². The van der Waals surface area contributed by atoms with E-state index in [9.17, 15) is 4.79 Å². The second-order valence-corrected chi connectivity index (χ2v) is 5.85. The number of anilines is 2. The van der Waals surface area contributed by atoms with E-state index in [-0.39, 0.29) is 0 Å². The third kappa shape index (κ3) is 5.05. The number of hydrogen-bond acceptors (Lipinski definition) is 6. The zero-order valence-electron chi connectivity index (χ0n) is 15.5. The number of para-hydroxylation sites is 1. The molecule has 140 valence electrons. The minimum atomic E-state index is -0.696. The Morgan fingerprint density at radius 2 is 1.92 bits per heavy atom. The number of carbonyl (C=O) groups excluding carboxylic acids is 1. The summed E-state index contributed by atoms with van der Waals surface area (Å²) in [6.45, 7) is 2.46. The highest BCUT2D eigenvalue weighted by Crippen LogP contribution is 2.35. The number of benzene rings is 2. The minimum Gasteiger partial charge on any atom is -0.493 e. The number of nitrogens with one attached hydrogen (secondary N) is 1. The van der Waals surface area contributed by atoms with Crippen LogP contribution in [0.2, 0.25) is 0 Å². The molecule has 2 aromatic carbocycles. The number of hydrogen-bond donors (Lipinski definition) is 2. The van der Waals surface area contributed by atoms with Crippen molar-refractivity contribution in [2.45, 2.75) is 32.4 Å². The van der Waals surface area contributed by atoms with Crippen LogP contribution in [0.5, 0.6) is 11.5 Å². The minimum absolute atomic E-state index is 0.410. The summed E-state index contributed by atoms with van der Waals surface area (Å²) in [5, 5.41) is 3.32. The molecule has 2 aromatic rings. The molecule has 0 heterocycles. The molecule has 0 aliphatic rings. The Labute approximate surface area is 154 Å². The highest BCUT2D eigenvalue weighted by Gasteiger charge is 2.24. The molecule has 2 rings (SSSR count). The van der Waals surface area contributed by atoms with Gasteiger partial charge in [-0.25, -0.2) is 4.79 Å². The van der Waals surface area contributed by atoms with Crippen LogP contribution >= 0.6 is 0 Å². The van der Waals surface area contributed by atoms with Crippen molar-refractivity contribution in [3.63, 3.8) is 0 Å². The lowest BCUT2D eigenvalue weighted by molar-refractivity contribution is -0.149. The molecule has 26 heavy (non-hydrogen) atoms. The molecule has 0 fully saturated rings. The number of nitrogen functional groups attached to an aromatic ring is 1. The molecule has 0 aromatic heterocycles.